The van der Waals surface area contributed by atoms with Gasteiger partial charge in [-0.2, -0.15) is 9.40 Å². The number of fused-ring (bicyclic) bond motifs is 1. The molecule has 0 spiro atoms. The molecule has 1 aromatic carbocycles. The third-order valence-corrected chi connectivity index (χ3v) is 6.98. The fourth-order valence-corrected chi connectivity index (χ4v) is 5.47. The molecule has 0 N–H and O–H groups in total. The van der Waals surface area contributed by atoms with E-state index in [2.05, 4.69) is 10.1 Å². The summed E-state index contributed by atoms with van der Waals surface area (Å²) in [6.07, 6.45) is 7.73. The zero-order valence-corrected chi connectivity index (χ0v) is 17.1. The van der Waals surface area contributed by atoms with Crippen LogP contribution in [0.4, 0.5) is 0 Å². The fraction of sp³-hybridized carbons (Fsp3) is 0.333. The molecule has 1 aliphatic rings. The van der Waals surface area contributed by atoms with Gasteiger partial charge in [-0.05, 0) is 24.6 Å². The minimum absolute atomic E-state index is 0.118. The Morgan fingerprint density at radius 1 is 1.29 bits per heavy atom. The lowest BCUT2D eigenvalue weighted by molar-refractivity contribution is 0.360. The van der Waals surface area contributed by atoms with Crippen molar-refractivity contribution in [2.24, 2.45) is 7.05 Å². The molecule has 2 aromatic heterocycles. The summed E-state index contributed by atoms with van der Waals surface area (Å²) in [7, 11) is -0.550. The van der Waals surface area contributed by atoms with Crippen molar-refractivity contribution >= 4 is 21.6 Å². The molecule has 148 valence electrons. The molecule has 3 aromatic rings. The molecule has 3 heterocycles. The monoisotopic (exact) mass is 421 g/mol. The van der Waals surface area contributed by atoms with Crippen molar-refractivity contribution < 1.29 is 13.2 Å². The average Bonchev–Trinajstić information content (AvgIpc) is 3.26. The van der Waals surface area contributed by atoms with Gasteiger partial charge in [-0.15, -0.1) is 0 Å². The van der Waals surface area contributed by atoms with Gasteiger partial charge in [0.05, 0.1) is 23.2 Å². The number of nitrogens with zero attached hydrogens (tertiary/aromatic N) is 5. The van der Waals surface area contributed by atoms with E-state index in [1.54, 1.807) is 30.2 Å². The number of hydrogen-bond donors (Lipinski definition) is 0. The first-order valence-electron chi connectivity index (χ1n) is 8.77. The fourth-order valence-electron chi connectivity index (χ4n) is 3.51. The summed E-state index contributed by atoms with van der Waals surface area (Å²) in [4.78, 5) is 4.58. The number of halogens is 1. The van der Waals surface area contributed by atoms with Crippen LogP contribution >= 0.6 is 11.6 Å². The summed E-state index contributed by atoms with van der Waals surface area (Å²) in [5, 5.41) is 4.47. The molecule has 0 fully saturated rings. The molecule has 1 atom stereocenters. The molecule has 0 aliphatic carbocycles. The zero-order chi connectivity index (χ0) is 19.9. The van der Waals surface area contributed by atoms with E-state index in [0.717, 1.165) is 5.56 Å². The molecular formula is C18H20ClN5O3S. The van der Waals surface area contributed by atoms with E-state index in [1.807, 2.05) is 17.0 Å². The first-order valence-corrected chi connectivity index (χ1v) is 10.6. The van der Waals surface area contributed by atoms with Gasteiger partial charge < -0.3 is 9.30 Å². The van der Waals surface area contributed by atoms with Crippen LogP contribution in [0.5, 0.6) is 5.75 Å². The van der Waals surface area contributed by atoms with Gasteiger partial charge in [0.1, 0.15) is 17.6 Å². The number of hydrogen-bond acceptors (Lipinski definition) is 5. The van der Waals surface area contributed by atoms with Crippen LogP contribution in [-0.2, 0) is 23.6 Å². The second-order valence-corrected chi connectivity index (χ2v) is 8.89. The van der Waals surface area contributed by atoms with Crippen LogP contribution in [0.25, 0.3) is 0 Å². The predicted octanol–water partition coefficient (Wildman–Crippen LogP) is 2.46. The topological polar surface area (TPSA) is 82.2 Å². The maximum Gasteiger partial charge on any atom is 0.244 e. The Morgan fingerprint density at radius 3 is 2.79 bits per heavy atom. The highest BCUT2D eigenvalue weighted by Gasteiger charge is 2.38. The maximum absolute atomic E-state index is 13.6. The van der Waals surface area contributed by atoms with Crippen LogP contribution < -0.4 is 4.74 Å². The molecule has 1 aliphatic heterocycles. The van der Waals surface area contributed by atoms with E-state index in [0.29, 0.717) is 31.1 Å². The molecule has 4 rings (SSSR count). The molecule has 0 saturated carbocycles. The third-order valence-electron chi connectivity index (χ3n) is 4.83. The minimum atomic E-state index is -3.84. The van der Waals surface area contributed by atoms with Gasteiger partial charge in [0.2, 0.25) is 10.0 Å². The van der Waals surface area contributed by atoms with Crippen LogP contribution in [0, 0.1) is 0 Å². The van der Waals surface area contributed by atoms with Crippen LogP contribution in [-0.4, -0.2) is 45.7 Å². The number of methoxy groups -OCH3 is 1. The van der Waals surface area contributed by atoms with Crippen molar-refractivity contribution in [3.05, 3.63) is 59.4 Å². The van der Waals surface area contributed by atoms with Crippen molar-refractivity contribution in [1.82, 2.24) is 23.6 Å². The van der Waals surface area contributed by atoms with Gasteiger partial charge in [-0.25, -0.2) is 13.4 Å². The average molecular weight is 422 g/mol. The maximum atomic E-state index is 13.6. The van der Waals surface area contributed by atoms with Crippen LogP contribution in [0.15, 0.2) is 47.9 Å². The number of aromatic nitrogens is 4. The number of benzene rings is 1. The normalized spacial score (nSPS) is 17.9. The van der Waals surface area contributed by atoms with E-state index in [-0.39, 0.29) is 9.92 Å². The number of sulfonamides is 1. The number of ether oxygens (including phenoxy) is 1. The molecule has 0 radical (unpaired) electrons. The molecule has 0 amide bonds. The van der Waals surface area contributed by atoms with Crippen molar-refractivity contribution in [1.29, 1.82) is 0 Å². The lowest BCUT2D eigenvalue weighted by Crippen LogP contribution is -2.36. The summed E-state index contributed by atoms with van der Waals surface area (Å²) in [6, 6.07) is 3.93. The van der Waals surface area contributed by atoms with Gasteiger partial charge >= 0.3 is 0 Å². The quantitative estimate of drug-likeness (QED) is 0.646. The summed E-state index contributed by atoms with van der Waals surface area (Å²) < 4.78 is 37.4. The van der Waals surface area contributed by atoms with Gasteiger partial charge in [0, 0.05) is 44.3 Å². The molecular weight excluding hydrogens is 402 g/mol. The third kappa shape index (κ3) is 3.19. The Labute approximate surface area is 168 Å². The molecule has 28 heavy (non-hydrogen) atoms. The second kappa shape index (κ2) is 7.23. The summed E-state index contributed by atoms with van der Waals surface area (Å²) in [5.41, 5.74) is 0.764. The summed E-state index contributed by atoms with van der Waals surface area (Å²) >= 11 is 6.19. The number of aryl methyl sites for hydroxylation is 2. The standard InChI is InChI=1S/C18H20ClN5O3S/c1-22-12-13(11-21-22)17-18-20-6-9-23(18)7-3-8-24(17)28(25,26)14-4-5-16(27-2)15(19)10-14/h4-6,9-12,17H,3,7-8H2,1-2H3. The molecule has 1 unspecified atom stereocenters. The van der Waals surface area contributed by atoms with Crippen molar-refractivity contribution in [3.63, 3.8) is 0 Å². The van der Waals surface area contributed by atoms with Gasteiger partial charge in [0.15, 0.2) is 0 Å². The lowest BCUT2D eigenvalue weighted by Gasteiger charge is -2.28. The minimum Gasteiger partial charge on any atom is -0.495 e. The number of imidazole rings is 1. The van der Waals surface area contributed by atoms with E-state index < -0.39 is 16.1 Å². The largest absolute Gasteiger partial charge is 0.495 e. The number of rotatable bonds is 4. The Hall–Kier alpha value is -2.36. The SMILES string of the molecule is COc1ccc(S(=O)(=O)N2CCCn3ccnc3C2c2cnn(C)c2)cc1Cl. The summed E-state index contributed by atoms with van der Waals surface area (Å²) in [6.45, 7) is 1.05. The highest BCUT2D eigenvalue weighted by Crippen LogP contribution is 2.36. The molecule has 8 nitrogen and oxygen atoms in total. The highest BCUT2D eigenvalue weighted by molar-refractivity contribution is 7.89. The Balaban J connectivity index is 1.85. The van der Waals surface area contributed by atoms with E-state index in [9.17, 15) is 8.42 Å². The van der Waals surface area contributed by atoms with Crippen LogP contribution in [0.1, 0.15) is 23.9 Å². The first-order chi connectivity index (χ1) is 13.4. The van der Waals surface area contributed by atoms with E-state index in [1.165, 1.54) is 23.5 Å². The molecule has 10 heteroatoms. The van der Waals surface area contributed by atoms with Gasteiger partial charge in [-0.3, -0.25) is 4.68 Å². The Morgan fingerprint density at radius 2 is 2.11 bits per heavy atom. The van der Waals surface area contributed by atoms with Crippen LogP contribution in [0.2, 0.25) is 5.02 Å². The van der Waals surface area contributed by atoms with Crippen molar-refractivity contribution in [2.45, 2.75) is 23.9 Å². The Bertz CT molecular complexity index is 1110. The first kappa shape index (κ1) is 19.0. The van der Waals surface area contributed by atoms with E-state index in [4.69, 9.17) is 16.3 Å². The lowest BCUT2D eigenvalue weighted by atomic mass is 10.1. The second-order valence-electron chi connectivity index (χ2n) is 6.59. The highest BCUT2D eigenvalue weighted by atomic mass is 35.5. The van der Waals surface area contributed by atoms with Crippen molar-refractivity contribution in [3.8, 4) is 5.75 Å². The van der Waals surface area contributed by atoms with Crippen molar-refractivity contribution in [2.75, 3.05) is 13.7 Å². The van der Waals surface area contributed by atoms with Gasteiger partial charge in [-0.1, -0.05) is 11.6 Å². The van der Waals surface area contributed by atoms with Gasteiger partial charge in [0.25, 0.3) is 0 Å². The smallest absolute Gasteiger partial charge is 0.244 e. The Kier molecular flexibility index (Phi) is 4.90. The van der Waals surface area contributed by atoms with E-state index >= 15 is 0 Å². The molecule has 0 bridgehead atoms. The zero-order valence-electron chi connectivity index (χ0n) is 15.5. The summed E-state index contributed by atoms with van der Waals surface area (Å²) in [5.74, 6) is 1.10. The predicted molar refractivity (Wildman–Crippen MR) is 104 cm³/mol. The molecule has 0 saturated heterocycles. The van der Waals surface area contributed by atoms with Crippen LogP contribution in [0.3, 0.4) is 0 Å².